The number of nitrogens with zero attached hydrogens (tertiary/aromatic N) is 1. The maximum Gasteiger partial charge on any atom is 0.281 e. The summed E-state index contributed by atoms with van der Waals surface area (Å²) in [5.74, 6) is -0.723. The minimum atomic E-state index is -3.73. The van der Waals surface area contributed by atoms with Gasteiger partial charge in [-0.3, -0.25) is 0 Å². The number of benzene rings is 1. The maximum atomic E-state index is 12.0. The van der Waals surface area contributed by atoms with E-state index in [4.69, 9.17) is 0 Å². The maximum absolute atomic E-state index is 12.0. The number of rotatable bonds is 3. The molecule has 1 unspecified atom stereocenters. The second-order valence-electron chi connectivity index (χ2n) is 4.60. The molecule has 0 saturated carbocycles. The lowest BCUT2D eigenvalue weighted by molar-refractivity contribution is 0.313. The number of hydrogen-bond donors (Lipinski definition) is 2. The summed E-state index contributed by atoms with van der Waals surface area (Å²) in [5, 5.41) is 18.6. The molecule has 0 fully saturated rings. The van der Waals surface area contributed by atoms with Gasteiger partial charge >= 0.3 is 0 Å². The molecule has 2 rings (SSSR count). The molecule has 20 heavy (non-hydrogen) atoms. The molecular weight excluding hydrogens is 278 g/mol. The van der Waals surface area contributed by atoms with Gasteiger partial charge in [0.1, 0.15) is 5.76 Å². The molecule has 1 aliphatic rings. The van der Waals surface area contributed by atoms with E-state index in [1.165, 1.54) is 24.4 Å². The summed E-state index contributed by atoms with van der Waals surface area (Å²) >= 11 is 0. The minimum Gasteiger partial charge on any atom is -0.508 e. The highest BCUT2D eigenvalue weighted by molar-refractivity contribution is 7.90. The summed E-state index contributed by atoms with van der Waals surface area (Å²) in [7, 11) is -3.73. The van der Waals surface area contributed by atoms with Crippen LogP contribution >= 0.6 is 0 Å². The van der Waals surface area contributed by atoms with Gasteiger partial charge in [-0.15, -0.1) is 0 Å². The predicted molar refractivity (Wildman–Crippen MR) is 76.4 cm³/mol. The van der Waals surface area contributed by atoms with Gasteiger partial charge in [-0.05, 0) is 25.1 Å². The quantitative estimate of drug-likeness (QED) is 0.839. The van der Waals surface area contributed by atoms with Crippen LogP contribution in [0.15, 0.2) is 57.2 Å². The monoisotopic (exact) mass is 293 g/mol. The van der Waals surface area contributed by atoms with Gasteiger partial charge in [0.15, 0.2) is 5.76 Å². The van der Waals surface area contributed by atoms with Gasteiger partial charge in [-0.2, -0.15) is 12.8 Å². The summed E-state index contributed by atoms with van der Waals surface area (Å²) in [6.45, 7) is 1.87. The van der Waals surface area contributed by atoms with Gasteiger partial charge in [0.05, 0.1) is 4.90 Å². The molecule has 0 heterocycles. The van der Waals surface area contributed by atoms with E-state index >= 15 is 0 Å². The largest absolute Gasteiger partial charge is 0.508 e. The van der Waals surface area contributed by atoms with Crippen molar-refractivity contribution in [3.8, 4) is 0 Å². The fraction of sp³-hybridized carbons (Fsp3) is 0.214. The van der Waals surface area contributed by atoms with Crippen LogP contribution in [0.2, 0.25) is 0 Å². The van der Waals surface area contributed by atoms with Crippen LogP contribution in [-0.2, 0) is 10.0 Å². The first-order valence-electron chi connectivity index (χ1n) is 6.05. The molecule has 0 aliphatic heterocycles. The molecular formula is C14H15NO4S. The third-order valence-electron chi connectivity index (χ3n) is 2.94. The topological polar surface area (TPSA) is 87.0 Å². The molecule has 0 bridgehead atoms. The van der Waals surface area contributed by atoms with Crippen LogP contribution in [0.4, 0.5) is 0 Å². The lowest BCUT2D eigenvalue weighted by Gasteiger charge is -2.12. The third kappa shape index (κ3) is 3.27. The molecule has 0 amide bonds. The van der Waals surface area contributed by atoms with Crippen LogP contribution in [-0.4, -0.2) is 24.8 Å². The fourth-order valence-corrected chi connectivity index (χ4v) is 2.66. The summed E-state index contributed by atoms with van der Waals surface area (Å²) in [6.07, 6.45) is 4.31. The van der Waals surface area contributed by atoms with E-state index in [0.29, 0.717) is 0 Å². The Morgan fingerprint density at radius 1 is 1.25 bits per heavy atom. The smallest absolute Gasteiger partial charge is 0.281 e. The van der Waals surface area contributed by atoms with E-state index < -0.39 is 10.0 Å². The standard InChI is InChI=1S/C14H15NO4S/c1-10-2-5-12(6-3-10)20(18,19)15-9-11-4-7-13(16)14(17)8-11/h2-7,9,11,16-17H,8H2,1H3. The van der Waals surface area contributed by atoms with Crippen molar-refractivity contribution in [3.05, 3.63) is 53.5 Å². The first kappa shape index (κ1) is 14.3. The Balaban J connectivity index is 2.15. The summed E-state index contributed by atoms with van der Waals surface area (Å²) < 4.78 is 27.6. The van der Waals surface area contributed by atoms with Crippen LogP contribution < -0.4 is 0 Å². The molecule has 1 aromatic rings. The average molecular weight is 293 g/mol. The SMILES string of the molecule is Cc1ccc(S(=O)(=O)N=CC2C=CC(O)=C(O)C2)cc1. The first-order chi connectivity index (χ1) is 9.38. The van der Waals surface area contributed by atoms with E-state index in [0.717, 1.165) is 5.56 Å². The third-order valence-corrected chi connectivity index (χ3v) is 4.20. The lowest BCUT2D eigenvalue weighted by atomic mass is 10.0. The number of aryl methyl sites for hydroxylation is 1. The second kappa shape index (κ2) is 5.50. The molecule has 1 aliphatic carbocycles. The summed E-state index contributed by atoms with van der Waals surface area (Å²) in [6, 6.07) is 6.41. The van der Waals surface area contributed by atoms with Gasteiger partial charge in [-0.1, -0.05) is 23.8 Å². The van der Waals surface area contributed by atoms with E-state index in [9.17, 15) is 18.6 Å². The predicted octanol–water partition coefficient (Wildman–Crippen LogP) is 2.66. The molecule has 0 spiro atoms. The Kier molecular flexibility index (Phi) is 3.94. The summed E-state index contributed by atoms with van der Waals surface area (Å²) in [4.78, 5) is 0.127. The van der Waals surface area contributed by atoms with Gasteiger partial charge in [0.25, 0.3) is 10.0 Å². The van der Waals surface area contributed by atoms with Crippen molar-refractivity contribution in [2.24, 2.45) is 10.3 Å². The Hall–Kier alpha value is -2.08. The minimum absolute atomic E-state index is 0.127. The highest BCUT2D eigenvalue weighted by Gasteiger charge is 2.16. The van der Waals surface area contributed by atoms with Crippen LogP contribution in [0, 0.1) is 12.8 Å². The van der Waals surface area contributed by atoms with Crippen molar-refractivity contribution in [1.29, 1.82) is 0 Å². The second-order valence-corrected chi connectivity index (χ2v) is 6.23. The fourth-order valence-electron chi connectivity index (χ4n) is 1.74. The number of allylic oxidation sites excluding steroid dienone is 3. The van der Waals surface area contributed by atoms with Crippen LogP contribution in [0.1, 0.15) is 12.0 Å². The normalized spacial score (nSPS) is 19.8. The molecule has 0 radical (unpaired) electrons. The molecule has 1 atom stereocenters. The van der Waals surface area contributed by atoms with Crippen molar-refractivity contribution in [2.45, 2.75) is 18.2 Å². The molecule has 6 heteroatoms. The van der Waals surface area contributed by atoms with Crippen molar-refractivity contribution in [3.63, 3.8) is 0 Å². The van der Waals surface area contributed by atoms with Gasteiger partial charge in [0, 0.05) is 18.6 Å². The van der Waals surface area contributed by atoms with E-state index in [1.54, 1.807) is 18.2 Å². The Bertz CT molecular complexity index is 684. The highest BCUT2D eigenvalue weighted by atomic mass is 32.2. The molecule has 0 saturated heterocycles. The molecule has 5 nitrogen and oxygen atoms in total. The zero-order valence-corrected chi connectivity index (χ0v) is 11.7. The molecule has 1 aromatic carbocycles. The van der Waals surface area contributed by atoms with Crippen molar-refractivity contribution < 1.29 is 18.6 Å². The zero-order valence-electron chi connectivity index (χ0n) is 10.9. The Labute approximate surface area is 117 Å². The Morgan fingerprint density at radius 2 is 1.90 bits per heavy atom. The van der Waals surface area contributed by atoms with Gasteiger partial charge < -0.3 is 10.2 Å². The van der Waals surface area contributed by atoms with Gasteiger partial charge in [0.2, 0.25) is 0 Å². The van der Waals surface area contributed by atoms with Crippen LogP contribution in [0.3, 0.4) is 0 Å². The molecule has 2 N–H and O–H groups in total. The van der Waals surface area contributed by atoms with Crippen LogP contribution in [0.25, 0.3) is 0 Å². The number of hydrogen-bond acceptors (Lipinski definition) is 4. The first-order valence-corrected chi connectivity index (χ1v) is 7.49. The Morgan fingerprint density at radius 3 is 2.50 bits per heavy atom. The van der Waals surface area contributed by atoms with Crippen molar-refractivity contribution in [2.75, 3.05) is 0 Å². The van der Waals surface area contributed by atoms with Crippen molar-refractivity contribution in [1.82, 2.24) is 0 Å². The average Bonchev–Trinajstić information content (AvgIpc) is 2.41. The van der Waals surface area contributed by atoms with E-state index in [2.05, 4.69) is 4.40 Å². The van der Waals surface area contributed by atoms with Gasteiger partial charge in [-0.25, -0.2) is 0 Å². The molecule has 0 aromatic heterocycles. The number of aliphatic hydroxyl groups excluding tert-OH is 2. The molecule has 106 valence electrons. The summed E-state index contributed by atoms with van der Waals surface area (Å²) in [5.41, 5.74) is 0.966. The van der Waals surface area contributed by atoms with Crippen LogP contribution in [0.5, 0.6) is 0 Å². The lowest BCUT2D eigenvalue weighted by Crippen LogP contribution is -2.08. The number of aliphatic hydroxyl groups is 2. The highest BCUT2D eigenvalue weighted by Crippen LogP contribution is 2.20. The van der Waals surface area contributed by atoms with E-state index in [-0.39, 0.29) is 28.8 Å². The number of sulfonamides is 1. The van der Waals surface area contributed by atoms with E-state index in [1.807, 2.05) is 6.92 Å². The van der Waals surface area contributed by atoms with Crippen molar-refractivity contribution >= 4 is 16.2 Å². The zero-order chi connectivity index (χ0) is 14.8.